The van der Waals surface area contributed by atoms with Crippen molar-refractivity contribution in [3.63, 3.8) is 0 Å². The molecule has 1 heterocycles. The van der Waals surface area contributed by atoms with E-state index in [2.05, 4.69) is 11.0 Å². The largest absolute Gasteiger partial charge is 0.369 e. The maximum Gasteiger partial charge on any atom is 0.207 e. The molecule has 2 aromatic rings. The molecule has 1 aliphatic heterocycles. The van der Waals surface area contributed by atoms with Gasteiger partial charge in [-0.05, 0) is 11.5 Å². The number of carbonyl (C=O) groups excluding carboxylic acids is 1. The fourth-order valence-electron chi connectivity index (χ4n) is 3.47. The van der Waals surface area contributed by atoms with Gasteiger partial charge in [-0.1, -0.05) is 24.3 Å². The lowest BCUT2D eigenvalue weighted by molar-refractivity contribution is 0.104. The molecular weight excluding hydrogens is 318 g/mol. The van der Waals surface area contributed by atoms with Crippen LogP contribution in [0.1, 0.15) is 15.9 Å². The van der Waals surface area contributed by atoms with Crippen LogP contribution in [0, 0.1) is 22.7 Å². The average molecular weight is 331 g/mol. The molecule has 2 aliphatic rings. The number of hydrogen-bond donors (Lipinski definition) is 0. The number of allylic oxidation sites excluding steroid dienone is 2. The Hall–Kier alpha value is -2.76. The van der Waals surface area contributed by atoms with Crippen molar-refractivity contribution in [2.24, 2.45) is 0 Å². The Morgan fingerprint density at radius 3 is 2.46 bits per heavy atom. The van der Waals surface area contributed by atoms with E-state index in [9.17, 15) is 15.3 Å². The van der Waals surface area contributed by atoms with Crippen LogP contribution in [-0.4, -0.2) is 30.4 Å². The number of nitrogens with zero attached hydrogens (tertiary/aromatic N) is 3. The highest BCUT2D eigenvalue weighted by molar-refractivity contribution is 7.99. The maximum absolute atomic E-state index is 13.0. The van der Waals surface area contributed by atoms with Crippen molar-refractivity contribution < 1.29 is 4.79 Å². The highest BCUT2D eigenvalue weighted by Gasteiger charge is 2.31. The molecule has 0 N–H and O–H groups in total. The minimum atomic E-state index is -0.327. The standard InChI is InChI=1S/C19H13N3OS/c20-10-14-13-3-1-2-12-4-5-16(22-6-8-24-9-7-22)18(17(12)13)19(23)15(14)11-21/h1-5H,6-9H2. The van der Waals surface area contributed by atoms with Crippen LogP contribution in [0.15, 0.2) is 35.9 Å². The van der Waals surface area contributed by atoms with Gasteiger partial charge in [0.2, 0.25) is 5.78 Å². The summed E-state index contributed by atoms with van der Waals surface area (Å²) in [5.74, 6) is 1.72. The van der Waals surface area contributed by atoms with E-state index in [1.54, 1.807) is 0 Å². The van der Waals surface area contributed by atoms with Gasteiger partial charge in [0.1, 0.15) is 17.7 Å². The highest BCUT2D eigenvalue weighted by atomic mass is 32.2. The predicted octanol–water partition coefficient (Wildman–Crippen LogP) is 3.39. The smallest absolute Gasteiger partial charge is 0.207 e. The predicted molar refractivity (Wildman–Crippen MR) is 96.0 cm³/mol. The van der Waals surface area contributed by atoms with Crippen molar-refractivity contribution in [1.29, 1.82) is 10.5 Å². The van der Waals surface area contributed by atoms with Crippen molar-refractivity contribution in [2.75, 3.05) is 29.5 Å². The molecule has 0 atom stereocenters. The third-order valence-corrected chi connectivity index (χ3v) is 5.51. The molecule has 116 valence electrons. The van der Waals surface area contributed by atoms with E-state index in [0.717, 1.165) is 41.1 Å². The Bertz CT molecular complexity index is 988. The number of nitriles is 2. The lowest BCUT2D eigenvalue weighted by Gasteiger charge is -2.31. The maximum atomic E-state index is 13.0. The van der Waals surface area contributed by atoms with Crippen LogP contribution in [0.4, 0.5) is 5.69 Å². The average Bonchev–Trinajstić information content (AvgIpc) is 2.64. The number of hydrogen-bond acceptors (Lipinski definition) is 5. The molecule has 1 saturated heterocycles. The summed E-state index contributed by atoms with van der Waals surface area (Å²) in [5.41, 5.74) is 2.29. The normalized spacial score (nSPS) is 16.9. The van der Waals surface area contributed by atoms with Gasteiger partial charge < -0.3 is 4.90 Å². The Kier molecular flexibility index (Phi) is 3.52. The van der Waals surface area contributed by atoms with Crippen molar-refractivity contribution in [2.45, 2.75) is 0 Å². The zero-order chi connectivity index (χ0) is 16.7. The monoisotopic (exact) mass is 331 g/mol. The zero-order valence-electron chi connectivity index (χ0n) is 12.9. The van der Waals surface area contributed by atoms with E-state index < -0.39 is 0 Å². The first-order chi connectivity index (χ1) is 11.8. The van der Waals surface area contributed by atoms with Crippen LogP contribution < -0.4 is 4.90 Å². The number of anilines is 1. The molecule has 1 aliphatic carbocycles. The molecule has 0 bridgehead atoms. The summed E-state index contributed by atoms with van der Waals surface area (Å²) in [5, 5.41) is 20.7. The zero-order valence-corrected chi connectivity index (χ0v) is 13.7. The fourth-order valence-corrected chi connectivity index (χ4v) is 4.37. The second-order valence-electron chi connectivity index (χ2n) is 5.77. The van der Waals surface area contributed by atoms with Gasteiger partial charge in [-0.3, -0.25) is 4.79 Å². The van der Waals surface area contributed by atoms with Crippen LogP contribution >= 0.6 is 11.8 Å². The second kappa shape index (κ2) is 5.70. The summed E-state index contributed by atoms with van der Waals surface area (Å²) in [6, 6.07) is 13.6. The molecule has 2 aromatic carbocycles. The molecule has 0 amide bonds. The third kappa shape index (κ3) is 2.02. The molecule has 0 saturated carbocycles. The topological polar surface area (TPSA) is 67.9 Å². The number of benzene rings is 2. The molecule has 0 spiro atoms. The van der Waals surface area contributed by atoms with Gasteiger partial charge in [0.15, 0.2) is 0 Å². The van der Waals surface area contributed by atoms with E-state index in [0.29, 0.717) is 11.1 Å². The fraction of sp³-hybridized carbons (Fsp3) is 0.211. The first-order valence-corrected chi connectivity index (χ1v) is 8.89. The van der Waals surface area contributed by atoms with Gasteiger partial charge in [-0.15, -0.1) is 0 Å². The number of Topliss-reactive ketones (excluding diaryl/α,β-unsaturated/α-hetero) is 1. The van der Waals surface area contributed by atoms with E-state index in [1.165, 1.54) is 0 Å². The molecule has 1 fully saturated rings. The SMILES string of the molecule is N#CC1=C(C#N)c2cccc3ccc(N4CCSCC4)c(c23)C1=O. The Morgan fingerprint density at radius 2 is 1.75 bits per heavy atom. The minimum Gasteiger partial charge on any atom is -0.369 e. The lowest BCUT2D eigenvalue weighted by Crippen LogP contribution is -2.34. The van der Waals surface area contributed by atoms with Crippen molar-refractivity contribution in [3.8, 4) is 12.1 Å². The van der Waals surface area contributed by atoms with Crippen molar-refractivity contribution >= 4 is 39.6 Å². The van der Waals surface area contributed by atoms with Crippen LogP contribution in [0.3, 0.4) is 0 Å². The van der Waals surface area contributed by atoms with Gasteiger partial charge in [-0.25, -0.2) is 0 Å². The minimum absolute atomic E-state index is 0.0451. The summed E-state index contributed by atoms with van der Waals surface area (Å²) in [6.07, 6.45) is 0. The summed E-state index contributed by atoms with van der Waals surface area (Å²) >= 11 is 1.91. The second-order valence-corrected chi connectivity index (χ2v) is 6.99. The lowest BCUT2D eigenvalue weighted by atomic mass is 9.82. The molecule has 24 heavy (non-hydrogen) atoms. The Morgan fingerprint density at radius 1 is 1.00 bits per heavy atom. The van der Waals surface area contributed by atoms with Crippen molar-refractivity contribution in [1.82, 2.24) is 0 Å². The number of carbonyl (C=O) groups is 1. The number of rotatable bonds is 1. The molecule has 0 radical (unpaired) electrons. The third-order valence-electron chi connectivity index (χ3n) is 4.57. The molecule has 4 rings (SSSR count). The van der Waals surface area contributed by atoms with Crippen LogP contribution in [0.2, 0.25) is 0 Å². The summed E-state index contributed by atoms with van der Waals surface area (Å²) in [7, 11) is 0. The van der Waals surface area contributed by atoms with Crippen LogP contribution in [0.25, 0.3) is 16.3 Å². The van der Waals surface area contributed by atoms with E-state index >= 15 is 0 Å². The first kappa shape index (κ1) is 14.8. The van der Waals surface area contributed by atoms with Crippen molar-refractivity contribution in [3.05, 3.63) is 47.0 Å². The molecule has 0 unspecified atom stereocenters. The van der Waals surface area contributed by atoms with Gasteiger partial charge in [0.25, 0.3) is 0 Å². The van der Waals surface area contributed by atoms with E-state index in [1.807, 2.05) is 48.2 Å². The molecule has 0 aromatic heterocycles. The molecular formula is C19H13N3OS. The Balaban J connectivity index is 2.06. The van der Waals surface area contributed by atoms with Gasteiger partial charge in [0, 0.05) is 41.2 Å². The van der Waals surface area contributed by atoms with Crippen LogP contribution in [-0.2, 0) is 0 Å². The summed E-state index contributed by atoms with van der Waals surface area (Å²) in [4.78, 5) is 15.2. The first-order valence-electron chi connectivity index (χ1n) is 7.74. The number of ketones is 1. The van der Waals surface area contributed by atoms with Gasteiger partial charge in [-0.2, -0.15) is 22.3 Å². The van der Waals surface area contributed by atoms with E-state index in [4.69, 9.17) is 0 Å². The Labute approximate surface area is 144 Å². The quantitative estimate of drug-likeness (QED) is 0.801. The van der Waals surface area contributed by atoms with Crippen LogP contribution in [0.5, 0.6) is 0 Å². The molecule has 4 nitrogen and oxygen atoms in total. The molecule has 5 heteroatoms. The van der Waals surface area contributed by atoms with Gasteiger partial charge >= 0.3 is 0 Å². The van der Waals surface area contributed by atoms with E-state index in [-0.39, 0.29) is 16.9 Å². The highest BCUT2D eigenvalue weighted by Crippen LogP contribution is 2.40. The van der Waals surface area contributed by atoms with Gasteiger partial charge in [0.05, 0.1) is 11.1 Å². The summed E-state index contributed by atoms with van der Waals surface area (Å²) in [6.45, 7) is 1.77. The number of thioether (sulfide) groups is 1. The summed E-state index contributed by atoms with van der Waals surface area (Å²) < 4.78 is 0.